The van der Waals surface area contributed by atoms with Gasteiger partial charge in [-0.05, 0) is 40.5 Å². The van der Waals surface area contributed by atoms with Gasteiger partial charge in [0, 0.05) is 0 Å². The van der Waals surface area contributed by atoms with Crippen LogP contribution in [0, 0.1) is 0 Å². The average molecular weight is 262 g/mol. The predicted molar refractivity (Wildman–Crippen MR) is 70.7 cm³/mol. The van der Waals surface area contributed by atoms with Gasteiger partial charge in [0.1, 0.15) is 12.6 Å². The Kier molecular flexibility index (Phi) is 9.68. The minimum absolute atomic E-state index is 0.0380. The molecule has 0 radical (unpaired) electrons. The number of ether oxygens (including phenoxy) is 2. The summed E-state index contributed by atoms with van der Waals surface area (Å²) >= 11 is 0. The zero-order chi connectivity index (χ0) is 14.1. The number of rotatable bonds is 10. The van der Waals surface area contributed by atoms with E-state index in [-0.39, 0.29) is 12.2 Å². The van der Waals surface area contributed by atoms with Crippen molar-refractivity contribution in [2.45, 2.75) is 79.2 Å². The van der Waals surface area contributed by atoms with Crippen molar-refractivity contribution in [2.24, 2.45) is 0 Å². The maximum Gasteiger partial charge on any atom is 0.640 e. The molecule has 1 N–H and O–H groups in total. The first kappa shape index (κ1) is 17.9. The maximum atomic E-state index is 9.67. The summed E-state index contributed by atoms with van der Waals surface area (Å²) in [5.41, 5.74) is 0. The largest absolute Gasteiger partial charge is 0.640 e. The lowest BCUT2D eigenvalue weighted by atomic mass is 10.2. The summed E-state index contributed by atoms with van der Waals surface area (Å²) < 4.78 is 21.4. The van der Waals surface area contributed by atoms with Gasteiger partial charge in [-0.15, -0.1) is 0 Å². The molecule has 2 atom stereocenters. The van der Waals surface area contributed by atoms with Crippen molar-refractivity contribution in [1.29, 1.82) is 0 Å². The normalized spacial score (nSPS) is 15.2. The fourth-order valence-electron chi connectivity index (χ4n) is 1.35. The molecule has 0 aliphatic heterocycles. The van der Waals surface area contributed by atoms with Gasteiger partial charge in [0.25, 0.3) is 0 Å². The second-order valence-corrected chi connectivity index (χ2v) is 4.62. The van der Waals surface area contributed by atoms with Crippen LogP contribution in [-0.4, -0.2) is 37.1 Å². The van der Waals surface area contributed by atoms with E-state index in [2.05, 4.69) is 0 Å². The average Bonchev–Trinajstić information content (AvgIpc) is 2.25. The molecule has 0 bridgehead atoms. The van der Waals surface area contributed by atoms with Gasteiger partial charge in [-0.25, -0.2) is 0 Å². The molecule has 108 valence electrons. The summed E-state index contributed by atoms with van der Waals surface area (Å²) in [7, 11) is -1.34. The highest BCUT2D eigenvalue weighted by atomic mass is 16.8. The fourth-order valence-corrected chi connectivity index (χ4v) is 1.35. The number of hydrogen-bond acceptors (Lipinski definition) is 5. The first-order chi connectivity index (χ1) is 8.38. The van der Waals surface area contributed by atoms with Gasteiger partial charge in [-0.2, -0.15) is 0 Å². The van der Waals surface area contributed by atoms with Gasteiger partial charge < -0.3 is 23.8 Å². The molecule has 0 saturated carbocycles. The van der Waals surface area contributed by atoms with Gasteiger partial charge in [-0.1, -0.05) is 13.8 Å². The first-order valence-electron chi connectivity index (χ1n) is 6.68. The van der Waals surface area contributed by atoms with Crippen LogP contribution >= 0.6 is 0 Å². The van der Waals surface area contributed by atoms with Gasteiger partial charge in [-0.3, -0.25) is 0 Å². The van der Waals surface area contributed by atoms with Gasteiger partial charge >= 0.3 is 7.32 Å². The lowest BCUT2D eigenvalue weighted by Gasteiger charge is -2.24. The third kappa shape index (κ3) is 8.88. The van der Waals surface area contributed by atoms with Crippen molar-refractivity contribution in [3.8, 4) is 0 Å². The first-order valence-corrected chi connectivity index (χ1v) is 6.68. The Bertz CT molecular complexity index is 181. The van der Waals surface area contributed by atoms with Gasteiger partial charge in [0.05, 0.1) is 12.2 Å². The van der Waals surface area contributed by atoms with Crippen LogP contribution in [0.25, 0.3) is 0 Å². The molecule has 0 aromatic rings. The van der Waals surface area contributed by atoms with Crippen molar-refractivity contribution >= 4 is 7.32 Å². The molecule has 0 aliphatic carbocycles. The van der Waals surface area contributed by atoms with Crippen LogP contribution in [0.2, 0.25) is 0 Å². The molecule has 0 heterocycles. The molecule has 0 aromatic carbocycles. The molecular weight excluding hydrogens is 235 g/mol. The highest BCUT2D eigenvalue weighted by molar-refractivity contribution is 6.34. The van der Waals surface area contributed by atoms with E-state index < -0.39 is 19.9 Å². The number of hydrogen-bond donors (Lipinski definition) is 1. The van der Waals surface area contributed by atoms with Crippen molar-refractivity contribution in [3.63, 3.8) is 0 Å². The summed E-state index contributed by atoms with van der Waals surface area (Å²) in [6.07, 6.45) is 0.404. The third-order valence-electron chi connectivity index (χ3n) is 2.05. The van der Waals surface area contributed by atoms with E-state index in [1.165, 1.54) is 0 Å². The Morgan fingerprint density at radius 1 is 0.833 bits per heavy atom. The van der Waals surface area contributed by atoms with Crippen LogP contribution in [0.5, 0.6) is 0 Å². The third-order valence-corrected chi connectivity index (χ3v) is 2.05. The van der Waals surface area contributed by atoms with E-state index in [0.717, 1.165) is 0 Å². The van der Waals surface area contributed by atoms with Crippen LogP contribution in [0.3, 0.4) is 0 Å². The quantitative estimate of drug-likeness (QED) is 0.483. The van der Waals surface area contributed by atoms with Crippen molar-refractivity contribution in [2.75, 3.05) is 0 Å². The van der Waals surface area contributed by atoms with Crippen molar-refractivity contribution in [1.82, 2.24) is 0 Å². The van der Waals surface area contributed by atoms with Gasteiger partial charge in [0.15, 0.2) is 0 Å². The molecule has 0 aliphatic rings. The Labute approximate surface area is 111 Å². The fraction of sp³-hybridized carbons (Fsp3) is 1.00. The Morgan fingerprint density at radius 3 is 1.39 bits per heavy atom. The summed E-state index contributed by atoms with van der Waals surface area (Å²) in [6.45, 7) is 11.5. The summed E-state index contributed by atoms with van der Waals surface area (Å²) in [5, 5.41) is 9.67. The molecule has 2 unspecified atom stereocenters. The topological polar surface area (TPSA) is 57.2 Å². The summed E-state index contributed by atoms with van der Waals surface area (Å²) in [5.74, 6) is 0. The minimum Gasteiger partial charge on any atom is -0.401 e. The molecule has 0 spiro atoms. The minimum atomic E-state index is -1.34. The lowest BCUT2D eigenvalue weighted by Crippen LogP contribution is -2.36. The second kappa shape index (κ2) is 9.75. The SMILES string of the molecule is CCC(OB(O)OC(CC)OC(C)C)OC(C)C. The Morgan fingerprint density at radius 2 is 1.17 bits per heavy atom. The van der Waals surface area contributed by atoms with E-state index in [9.17, 15) is 5.02 Å². The van der Waals surface area contributed by atoms with Crippen LogP contribution in [0.1, 0.15) is 54.4 Å². The van der Waals surface area contributed by atoms with E-state index in [1.807, 2.05) is 41.5 Å². The van der Waals surface area contributed by atoms with Crippen LogP contribution in [-0.2, 0) is 18.8 Å². The maximum absolute atomic E-state index is 9.67. The molecule has 0 amide bonds. The van der Waals surface area contributed by atoms with Crippen LogP contribution < -0.4 is 0 Å². The van der Waals surface area contributed by atoms with E-state index >= 15 is 0 Å². The molecule has 0 aromatic heterocycles. The van der Waals surface area contributed by atoms with E-state index in [0.29, 0.717) is 12.8 Å². The molecule has 0 saturated heterocycles. The molecule has 6 heteroatoms. The molecule has 0 rings (SSSR count). The lowest BCUT2D eigenvalue weighted by molar-refractivity contribution is -0.164. The highest BCUT2D eigenvalue weighted by Gasteiger charge is 2.26. The van der Waals surface area contributed by atoms with E-state index in [1.54, 1.807) is 0 Å². The zero-order valence-corrected chi connectivity index (χ0v) is 12.4. The monoisotopic (exact) mass is 262 g/mol. The van der Waals surface area contributed by atoms with Crippen molar-refractivity contribution in [3.05, 3.63) is 0 Å². The van der Waals surface area contributed by atoms with Gasteiger partial charge in [0.2, 0.25) is 0 Å². The Balaban J connectivity index is 4.08. The molecule has 18 heavy (non-hydrogen) atoms. The predicted octanol–water partition coefficient (Wildman–Crippen LogP) is 2.32. The van der Waals surface area contributed by atoms with Crippen LogP contribution in [0.15, 0.2) is 0 Å². The standard InChI is InChI=1S/C12H27BO5/c1-7-11(15-9(3)4)17-13(14)18-12(8-2)16-10(5)6/h9-12,14H,7-8H2,1-6H3. The summed E-state index contributed by atoms with van der Waals surface area (Å²) in [4.78, 5) is 0. The summed E-state index contributed by atoms with van der Waals surface area (Å²) in [6, 6.07) is 0. The molecular formula is C12H27BO5. The Hall–Kier alpha value is -0.135. The van der Waals surface area contributed by atoms with Crippen molar-refractivity contribution < 1.29 is 23.8 Å². The zero-order valence-electron chi connectivity index (χ0n) is 12.4. The molecule has 0 fully saturated rings. The van der Waals surface area contributed by atoms with Crippen LogP contribution in [0.4, 0.5) is 0 Å². The molecule has 5 nitrogen and oxygen atoms in total. The second-order valence-electron chi connectivity index (χ2n) is 4.62. The highest BCUT2D eigenvalue weighted by Crippen LogP contribution is 2.10. The smallest absolute Gasteiger partial charge is 0.401 e. The van der Waals surface area contributed by atoms with E-state index in [4.69, 9.17) is 18.8 Å².